The summed E-state index contributed by atoms with van der Waals surface area (Å²) in [5.74, 6) is 0.568. The van der Waals surface area contributed by atoms with Crippen LogP contribution in [0.1, 0.15) is 25.7 Å². The lowest BCUT2D eigenvalue weighted by molar-refractivity contribution is 0.0871. The first-order valence-electron chi connectivity index (χ1n) is 8.16. The minimum atomic E-state index is -0.379. The molecule has 0 saturated carbocycles. The summed E-state index contributed by atoms with van der Waals surface area (Å²) in [6, 6.07) is 6.33. The summed E-state index contributed by atoms with van der Waals surface area (Å²) in [6.45, 7) is 3.48. The molecule has 0 spiro atoms. The number of aromatic nitrogens is 2. The van der Waals surface area contributed by atoms with Crippen LogP contribution < -0.4 is 0 Å². The Labute approximate surface area is 139 Å². The van der Waals surface area contributed by atoms with Gasteiger partial charge >= 0.3 is 6.09 Å². The van der Waals surface area contributed by atoms with E-state index in [2.05, 4.69) is 10.1 Å². The highest BCUT2D eigenvalue weighted by molar-refractivity contribution is 5.67. The maximum absolute atomic E-state index is 13.8. The Kier molecular flexibility index (Phi) is 5.08. The number of rotatable bonds is 4. The lowest BCUT2D eigenvalue weighted by Crippen LogP contribution is -2.40. The van der Waals surface area contributed by atoms with Crippen molar-refractivity contribution in [1.29, 1.82) is 0 Å². The molecule has 1 saturated heterocycles. The van der Waals surface area contributed by atoms with E-state index in [4.69, 9.17) is 9.26 Å². The summed E-state index contributed by atoms with van der Waals surface area (Å²) in [5, 5.41) is 3.86. The molecule has 1 aliphatic heterocycles. The fraction of sp³-hybridized carbons (Fsp3) is 0.471. The van der Waals surface area contributed by atoms with Crippen LogP contribution in [0.2, 0.25) is 0 Å². The van der Waals surface area contributed by atoms with E-state index in [1.807, 2.05) is 0 Å². The van der Waals surface area contributed by atoms with Gasteiger partial charge in [-0.15, -0.1) is 0 Å². The minimum Gasteiger partial charge on any atom is -0.450 e. The van der Waals surface area contributed by atoms with Gasteiger partial charge in [0.25, 0.3) is 0 Å². The maximum Gasteiger partial charge on any atom is 0.409 e. The molecule has 7 heteroatoms. The number of piperidine rings is 1. The van der Waals surface area contributed by atoms with Crippen LogP contribution in [0.4, 0.5) is 9.18 Å². The molecule has 6 nitrogen and oxygen atoms in total. The number of carbonyl (C=O) groups excluding carboxylic acids is 1. The number of carbonyl (C=O) groups is 1. The zero-order chi connectivity index (χ0) is 16.9. The summed E-state index contributed by atoms with van der Waals surface area (Å²) in [6.07, 6.45) is 2.18. The number of benzene rings is 1. The molecule has 0 radical (unpaired) electrons. The summed E-state index contributed by atoms with van der Waals surface area (Å²) in [4.78, 5) is 17.8. The second-order valence-corrected chi connectivity index (χ2v) is 5.85. The van der Waals surface area contributed by atoms with Crippen LogP contribution >= 0.6 is 0 Å². The van der Waals surface area contributed by atoms with Crippen molar-refractivity contribution in [1.82, 2.24) is 15.0 Å². The van der Waals surface area contributed by atoms with E-state index in [9.17, 15) is 9.18 Å². The molecule has 0 bridgehead atoms. The molecule has 2 aromatic rings. The van der Waals surface area contributed by atoms with E-state index in [-0.39, 0.29) is 23.7 Å². The molecule has 3 rings (SSSR count). The van der Waals surface area contributed by atoms with Gasteiger partial charge in [0, 0.05) is 19.5 Å². The van der Waals surface area contributed by atoms with Gasteiger partial charge in [0.15, 0.2) is 0 Å². The summed E-state index contributed by atoms with van der Waals surface area (Å²) in [5.41, 5.74) is 0.323. The fourth-order valence-electron chi connectivity index (χ4n) is 2.95. The van der Waals surface area contributed by atoms with Crippen LogP contribution in [0, 0.1) is 11.7 Å². The summed E-state index contributed by atoms with van der Waals surface area (Å²) < 4.78 is 24.1. The SMILES string of the molecule is CCOC(=O)N1CCCC(Cc2nc(-c3ccccc3F)no2)C1. The van der Waals surface area contributed by atoms with Crippen molar-refractivity contribution < 1.29 is 18.4 Å². The van der Waals surface area contributed by atoms with E-state index in [1.165, 1.54) is 6.07 Å². The lowest BCUT2D eigenvalue weighted by Gasteiger charge is -2.31. The van der Waals surface area contributed by atoms with Crippen molar-refractivity contribution in [2.75, 3.05) is 19.7 Å². The monoisotopic (exact) mass is 333 g/mol. The molecule has 1 fully saturated rings. The topological polar surface area (TPSA) is 68.5 Å². The van der Waals surface area contributed by atoms with Gasteiger partial charge in [-0.2, -0.15) is 4.98 Å². The molecule has 1 aromatic heterocycles. The highest BCUT2D eigenvalue weighted by atomic mass is 19.1. The first-order valence-corrected chi connectivity index (χ1v) is 8.16. The Hall–Kier alpha value is -2.44. The molecule has 1 unspecified atom stereocenters. The minimum absolute atomic E-state index is 0.233. The lowest BCUT2D eigenvalue weighted by atomic mass is 9.95. The normalized spacial score (nSPS) is 17.8. The van der Waals surface area contributed by atoms with Crippen molar-refractivity contribution >= 4 is 6.09 Å². The maximum atomic E-state index is 13.8. The number of hydrogen-bond donors (Lipinski definition) is 0. The van der Waals surface area contributed by atoms with E-state index in [1.54, 1.807) is 30.0 Å². The summed E-state index contributed by atoms with van der Waals surface area (Å²) >= 11 is 0. The highest BCUT2D eigenvalue weighted by Crippen LogP contribution is 2.23. The van der Waals surface area contributed by atoms with Crippen molar-refractivity contribution in [3.63, 3.8) is 0 Å². The Morgan fingerprint density at radius 3 is 3.08 bits per heavy atom. The number of hydrogen-bond acceptors (Lipinski definition) is 5. The standard InChI is InChI=1S/C17H20FN3O3/c1-2-23-17(22)21-9-5-6-12(11-21)10-15-19-16(20-24-15)13-7-3-4-8-14(13)18/h3-4,7-8,12H,2,5-6,9-11H2,1H3. The van der Waals surface area contributed by atoms with E-state index in [0.29, 0.717) is 37.6 Å². The zero-order valence-corrected chi connectivity index (χ0v) is 13.6. The second kappa shape index (κ2) is 7.42. The van der Waals surface area contributed by atoms with Crippen LogP contribution in [-0.4, -0.2) is 40.8 Å². The molecule has 2 heterocycles. The highest BCUT2D eigenvalue weighted by Gasteiger charge is 2.26. The molecule has 1 aliphatic rings. The third kappa shape index (κ3) is 3.72. The van der Waals surface area contributed by atoms with Gasteiger partial charge in [0.1, 0.15) is 5.82 Å². The van der Waals surface area contributed by atoms with Crippen LogP contribution in [-0.2, 0) is 11.2 Å². The molecular weight excluding hydrogens is 313 g/mol. The van der Waals surface area contributed by atoms with Gasteiger partial charge in [-0.25, -0.2) is 9.18 Å². The van der Waals surface area contributed by atoms with E-state index >= 15 is 0 Å². The van der Waals surface area contributed by atoms with Crippen LogP contribution in [0.15, 0.2) is 28.8 Å². The molecular formula is C17H20FN3O3. The Morgan fingerprint density at radius 1 is 1.46 bits per heavy atom. The van der Waals surface area contributed by atoms with Crippen LogP contribution in [0.3, 0.4) is 0 Å². The van der Waals surface area contributed by atoms with Gasteiger partial charge in [0.2, 0.25) is 11.7 Å². The molecule has 1 atom stereocenters. The predicted molar refractivity (Wildman–Crippen MR) is 84.7 cm³/mol. The number of amides is 1. The average molecular weight is 333 g/mol. The molecule has 24 heavy (non-hydrogen) atoms. The molecule has 1 amide bonds. The second-order valence-electron chi connectivity index (χ2n) is 5.85. The first kappa shape index (κ1) is 16.4. The quantitative estimate of drug-likeness (QED) is 0.859. The van der Waals surface area contributed by atoms with Gasteiger partial charge in [-0.3, -0.25) is 0 Å². The average Bonchev–Trinajstić information content (AvgIpc) is 3.04. The molecule has 0 aliphatic carbocycles. The molecule has 128 valence electrons. The Bertz CT molecular complexity index is 704. The number of likely N-dealkylation sites (tertiary alicyclic amines) is 1. The molecule has 1 aromatic carbocycles. The largest absolute Gasteiger partial charge is 0.450 e. The smallest absolute Gasteiger partial charge is 0.409 e. The van der Waals surface area contributed by atoms with Crippen molar-refractivity contribution in [2.24, 2.45) is 5.92 Å². The van der Waals surface area contributed by atoms with Crippen LogP contribution in [0.5, 0.6) is 0 Å². The zero-order valence-electron chi connectivity index (χ0n) is 13.6. The van der Waals surface area contributed by atoms with Gasteiger partial charge in [0.05, 0.1) is 12.2 Å². The Morgan fingerprint density at radius 2 is 2.29 bits per heavy atom. The first-order chi connectivity index (χ1) is 11.7. The number of halogens is 1. The molecule has 0 N–H and O–H groups in total. The van der Waals surface area contributed by atoms with Gasteiger partial charge < -0.3 is 14.2 Å². The van der Waals surface area contributed by atoms with Crippen molar-refractivity contribution in [3.05, 3.63) is 36.0 Å². The summed E-state index contributed by atoms with van der Waals surface area (Å²) in [7, 11) is 0. The third-order valence-corrected chi connectivity index (χ3v) is 4.09. The fourth-order valence-corrected chi connectivity index (χ4v) is 2.95. The number of nitrogens with zero attached hydrogens (tertiary/aromatic N) is 3. The van der Waals surface area contributed by atoms with E-state index < -0.39 is 0 Å². The van der Waals surface area contributed by atoms with Crippen molar-refractivity contribution in [3.8, 4) is 11.4 Å². The van der Waals surface area contributed by atoms with Gasteiger partial charge in [-0.1, -0.05) is 17.3 Å². The third-order valence-electron chi connectivity index (χ3n) is 4.09. The van der Waals surface area contributed by atoms with Gasteiger partial charge in [-0.05, 0) is 37.8 Å². The number of ether oxygens (including phenoxy) is 1. The Balaban J connectivity index is 1.64. The van der Waals surface area contributed by atoms with Crippen LogP contribution in [0.25, 0.3) is 11.4 Å². The van der Waals surface area contributed by atoms with E-state index in [0.717, 1.165) is 12.8 Å². The van der Waals surface area contributed by atoms with Crippen molar-refractivity contribution in [2.45, 2.75) is 26.2 Å². The predicted octanol–water partition coefficient (Wildman–Crippen LogP) is 3.29.